The number of rotatable bonds is 4. The molecule has 8 nitrogen and oxygen atoms in total. The summed E-state index contributed by atoms with van der Waals surface area (Å²) in [6.45, 7) is 4.27. The molecule has 0 N–H and O–H groups in total. The van der Waals surface area contributed by atoms with Gasteiger partial charge in [-0.1, -0.05) is 23.7 Å². The van der Waals surface area contributed by atoms with E-state index in [4.69, 9.17) is 16.0 Å². The van der Waals surface area contributed by atoms with Gasteiger partial charge in [-0.25, -0.2) is 9.97 Å². The number of halogens is 1. The molecule has 0 unspecified atom stereocenters. The fraction of sp³-hybridized carbons (Fsp3) is 0.280. The van der Waals surface area contributed by atoms with Gasteiger partial charge in [0.25, 0.3) is 11.8 Å². The second-order valence-corrected chi connectivity index (χ2v) is 10.0. The Kier molecular flexibility index (Phi) is 5.75. The number of para-hydroxylation sites is 1. The number of hydrogen-bond donors (Lipinski definition) is 0. The van der Waals surface area contributed by atoms with Crippen molar-refractivity contribution in [1.82, 2.24) is 24.7 Å². The molecule has 2 aliphatic rings. The van der Waals surface area contributed by atoms with E-state index in [-0.39, 0.29) is 11.8 Å². The van der Waals surface area contributed by atoms with E-state index in [1.165, 1.54) is 11.3 Å². The van der Waals surface area contributed by atoms with Gasteiger partial charge in [-0.15, -0.1) is 11.3 Å². The summed E-state index contributed by atoms with van der Waals surface area (Å²) in [5.74, 6) is 0.396. The lowest BCUT2D eigenvalue weighted by Crippen LogP contribution is -2.64. The minimum atomic E-state index is -0.0459. The number of carbonyl (C=O) groups excluding carboxylic acids is 2. The van der Waals surface area contributed by atoms with E-state index < -0.39 is 0 Å². The number of oxazole rings is 1. The molecule has 2 fully saturated rings. The van der Waals surface area contributed by atoms with E-state index in [1.54, 1.807) is 24.4 Å². The fourth-order valence-electron chi connectivity index (χ4n) is 4.64. The van der Waals surface area contributed by atoms with Gasteiger partial charge in [0.2, 0.25) is 5.89 Å². The molecule has 10 heteroatoms. The topological polar surface area (TPSA) is 82.8 Å². The second kappa shape index (κ2) is 9.07. The molecular formula is C25H22ClN5O3S. The lowest BCUT2D eigenvalue weighted by Gasteiger charge is -2.48. The standard InChI is InChI=1S/C25H22ClN5O3S/c26-17-4-1-3-16(13-17)22-28-21-19(5-2-6-20(21)34-22)24(32)31-14-18(15-31)29-8-10-30(11-9-29)25(33)23-27-7-12-35-23/h1-7,12-13,18H,8-11,14-15H2. The Morgan fingerprint density at radius 1 is 1.00 bits per heavy atom. The summed E-state index contributed by atoms with van der Waals surface area (Å²) in [7, 11) is 0. The van der Waals surface area contributed by atoms with Crippen LogP contribution in [0.15, 0.2) is 58.5 Å². The Morgan fingerprint density at radius 3 is 2.54 bits per heavy atom. The Labute approximate surface area is 210 Å². The number of piperazine rings is 1. The monoisotopic (exact) mass is 507 g/mol. The van der Waals surface area contributed by atoms with Crippen molar-refractivity contribution in [3.63, 3.8) is 0 Å². The van der Waals surface area contributed by atoms with Crippen LogP contribution in [0.25, 0.3) is 22.6 Å². The van der Waals surface area contributed by atoms with Crippen molar-refractivity contribution in [3.05, 3.63) is 69.6 Å². The van der Waals surface area contributed by atoms with Gasteiger partial charge < -0.3 is 14.2 Å². The summed E-state index contributed by atoms with van der Waals surface area (Å²) in [4.78, 5) is 40.6. The van der Waals surface area contributed by atoms with E-state index in [0.29, 0.717) is 64.8 Å². The molecule has 0 bridgehead atoms. The third-order valence-corrected chi connectivity index (χ3v) is 7.60. The number of hydrogen-bond acceptors (Lipinski definition) is 7. The average molecular weight is 508 g/mol. The number of nitrogens with zero attached hydrogens (tertiary/aromatic N) is 5. The van der Waals surface area contributed by atoms with Gasteiger partial charge in [-0.2, -0.15) is 0 Å². The lowest BCUT2D eigenvalue weighted by molar-refractivity contribution is 0.00862. The molecule has 2 aromatic heterocycles. The van der Waals surface area contributed by atoms with Crippen LogP contribution in [-0.2, 0) is 0 Å². The zero-order valence-corrected chi connectivity index (χ0v) is 20.3. The third-order valence-electron chi connectivity index (χ3n) is 6.60. The van der Waals surface area contributed by atoms with Crippen LogP contribution >= 0.6 is 22.9 Å². The van der Waals surface area contributed by atoms with E-state index in [1.807, 2.05) is 39.4 Å². The number of aromatic nitrogens is 2. The van der Waals surface area contributed by atoms with Gasteiger partial charge >= 0.3 is 0 Å². The minimum Gasteiger partial charge on any atom is -0.436 e. The van der Waals surface area contributed by atoms with Gasteiger partial charge in [0.15, 0.2) is 10.6 Å². The van der Waals surface area contributed by atoms with Crippen LogP contribution in [0.1, 0.15) is 20.2 Å². The normalized spacial score (nSPS) is 17.1. The Balaban J connectivity index is 1.10. The zero-order chi connectivity index (χ0) is 23.9. The molecule has 0 saturated carbocycles. The van der Waals surface area contributed by atoms with Crippen LogP contribution in [0.3, 0.4) is 0 Å². The first-order valence-electron chi connectivity index (χ1n) is 11.4. The highest BCUT2D eigenvalue weighted by atomic mass is 35.5. The van der Waals surface area contributed by atoms with Crippen molar-refractivity contribution < 1.29 is 14.0 Å². The molecule has 6 rings (SSSR count). The van der Waals surface area contributed by atoms with Gasteiger partial charge in [0.05, 0.1) is 5.56 Å². The van der Waals surface area contributed by atoms with Gasteiger partial charge in [-0.05, 0) is 30.3 Å². The summed E-state index contributed by atoms with van der Waals surface area (Å²) in [6, 6.07) is 13.0. The van der Waals surface area contributed by atoms with Crippen molar-refractivity contribution in [2.24, 2.45) is 0 Å². The predicted molar refractivity (Wildman–Crippen MR) is 134 cm³/mol. The molecule has 2 aliphatic heterocycles. The molecule has 4 heterocycles. The average Bonchev–Trinajstić information content (AvgIpc) is 3.53. The number of amides is 2. The summed E-state index contributed by atoms with van der Waals surface area (Å²) >= 11 is 7.48. The molecule has 4 aromatic rings. The molecular weight excluding hydrogens is 486 g/mol. The minimum absolute atomic E-state index is 0.00270. The van der Waals surface area contributed by atoms with Gasteiger partial charge in [-0.3, -0.25) is 14.5 Å². The fourth-order valence-corrected chi connectivity index (χ4v) is 5.44. The molecule has 2 aromatic carbocycles. The summed E-state index contributed by atoms with van der Waals surface area (Å²) in [5, 5.41) is 2.96. The highest BCUT2D eigenvalue weighted by molar-refractivity contribution is 7.11. The maximum Gasteiger partial charge on any atom is 0.282 e. The molecule has 35 heavy (non-hydrogen) atoms. The number of likely N-dealkylation sites (tertiary alicyclic amines) is 1. The van der Waals surface area contributed by atoms with E-state index in [0.717, 1.165) is 18.7 Å². The third kappa shape index (κ3) is 4.20. The summed E-state index contributed by atoms with van der Waals surface area (Å²) < 4.78 is 5.92. The van der Waals surface area contributed by atoms with Crippen LogP contribution in [0.4, 0.5) is 0 Å². The number of benzene rings is 2. The number of thiazole rings is 1. The van der Waals surface area contributed by atoms with Crippen molar-refractivity contribution in [3.8, 4) is 11.5 Å². The highest BCUT2D eigenvalue weighted by Crippen LogP contribution is 2.29. The van der Waals surface area contributed by atoms with Crippen molar-refractivity contribution in [2.45, 2.75) is 6.04 Å². The molecule has 0 atom stereocenters. The van der Waals surface area contributed by atoms with Gasteiger partial charge in [0.1, 0.15) is 5.52 Å². The lowest BCUT2D eigenvalue weighted by atomic mass is 10.0. The van der Waals surface area contributed by atoms with Crippen molar-refractivity contribution in [2.75, 3.05) is 39.3 Å². The summed E-state index contributed by atoms with van der Waals surface area (Å²) in [5.41, 5.74) is 2.44. The van der Waals surface area contributed by atoms with Crippen LogP contribution < -0.4 is 0 Å². The second-order valence-electron chi connectivity index (χ2n) is 8.71. The van der Waals surface area contributed by atoms with Crippen molar-refractivity contribution >= 4 is 45.9 Å². The van der Waals surface area contributed by atoms with Gasteiger partial charge in [0, 0.05) is 67.5 Å². The molecule has 2 saturated heterocycles. The van der Waals surface area contributed by atoms with E-state index in [2.05, 4.69) is 14.9 Å². The predicted octanol–water partition coefficient (Wildman–Crippen LogP) is 3.89. The maximum atomic E-state index is 13.3. The number of carbonyl (C=O) groups is 2. The Hall–Kier alpha value is -3.27. The van der Waals surface area contributed by atoms with E-state index >= 15 is 0 Å². The quantitative estimate of drug-likeness (QED) is 0.417. The first kappa shape index (κ1) is 22.2. The molecule has 0 spiro atoms. The highest BCUT2D eigenvalue weighted by Gasteiger charge is 2.37. The largest absolute Gasteiger partial charge is 0.436 e. The molecule has 0 radical (unpaired) electrons. The van der Waals surface area contributed by atoms with E-state index in [9.17, 15) is 9.59 Å². The number of fused-ring (bicyclic) bond motifs is 1. The zero-order valence-electron chi connectivity index (χ0n) is 18.8. The summed E-state index contributed by atoms with van der Waals surface area (Å²) in [6.07, 6.45) is 1.66. The Bertz CT molecular complexity index is 1390. The first-order chi connectivity index (χ1) is 17.1. The molecule has 0 aliphatic carbocycles. The maximum absolute atomic E-state index is 13.3. The van der Waals surface area contributed by atoms with Crippen LogP contribution in [0.5, 0.6) is 0 Å². The Morgan fingerprint density at radius 2 is 1.80 bits per heavy atom. The SMILES string of the molecule is O=C(c1nccs1)N1CCN(C2CN(C(=O)c3cccc4oc(-c5cccc(Cl)c5)nc34)C2)CC1. The first-order valence-corrected chi connectivity index (χ1v) is 12.7. The molecule has 2 amide bonds. The van der Waals surface area contributed by atoms with Crippen molar-refractivity contribution in [1.29, 1.82) is 0 Å². The smallest absolute Gasteiger partial charge is 0.282 e. The van der Waals surface area contributed by atoms with Crippen LogP contribution in [0, 0.1) is 0 Å². The van der Waals surface area contributed by atoms with Crippen LogP contribution in [0.2, 0.25) is 5.02 Å². The van der Waals surface area contributed by atoms with Crippen LogP contribution in [-0.4, -0.2) is 81.8 Å². The molecule has 178 valence electrons.